The maximum absolute atomic E-state index is 13.3. The number of hydrogen-bond donors (Lipinski definition) is 0. The number of hydrogen-bond acceptors (Lipinski definition) is 7. The minimum Gasteiger partial charge on any atom is -0.347 e. The summed E-state index contributed by atoms with van der Waals surface area (Å²) in [6.45, 7) is 6.47. The third-order valence-electron chi connectivity index (χ3n) is 7.07. The Morgan fingerprint density at radius 2 is 1.88 bits per heavy atom. The zero-order valence-corrected chi connectivity index (χ0v) is 19.7. The molecule has 3 aliphatic heterocycles. The Hall–Kier alpha value is -2.49. The fourth-order valence-electron chi connectivity index (χ4n) is 5.14. The van der Waals surface area contributed by atoms with E-state index in [4.69, 9.17) is 19.6 Å². The molecule has 2 aromatic heterocycles. The first-order chi connectivity index (χ1) is 16.1. The number of imidazole rings is 1. The van der Waals surface area contributed by atoms with Crippen molar-refractivity contribution in [1.29, 1.82) is 0 Å². The predicted octanol–water partition coefficient (Wildman–Crippen LogP) is 3.35. The van der Waals surface area contributed by atoms with Gasteiger partial charge in [-0.05, 0) is 19.8 Å². The number of fused-ring (bicyclic) bond motifs is 1. The van der Waals surface area contributed by atoms with Gasteiger partial charge in [-0.25, -0.2) is 9.50 Å². The lowest BCUT2D eigenvalue weighted by atomic mass is 9.95. The lowest BCUT2D eigenvalue weighted by Crippen LogP contribution is -2.51. The number of piperidine rings is 2. The van der Waals surface area contributed by atoms with E-state index < -0.39 is 5.79 Å². The molecule has 1 atom stereocenters. The van der Waals surface area contributed by atoms with Crippen LogP contribution in [0, 0.1) is 12.8 Å². The van der Waals surface area contributed by atoms with Gasteiger partial charge in [0.05, 0.1) is 31.0 Å². The second-order valence-corrected chi connectivity index (χ2v) is 10.3. The molecule has 3 saturated heterocycles. The minimum absolute atomic E-state index is 0.0116. The molecule has 174 valence electrons. The van der Waals surface area contributed by atoms with Gasteiger partial charge in [0.1, 0.15) is 0 Å². The highest BCUT2D eigenvalue weighted by Crippen LogP contribution is 2.34. The monoisotopic (exact) mass is 467 g/mol. The lowest BCUT2D eigenvalue weighted by Gasteiger charge is -2.40. The standard InChI is InChI=1S/C24H29N5O3S/c1-17-4-6-18(7-5-17)20-16-29-22(25-20)33-23(26-29)28-10-2-3-19(15-28)21(30)27-11-8-24(9-12-27)31-13-14-32-24/h4-7,16,19H,2-3,8-15H2,1H3. The molecule has 8 nitrogen and oxygen atoms in total. The van der Waals surface area contributed by atoms with Crippen LogP contribution in [-0.2, 0) is 14.3 Å². The van der Waals surface area contributed by atoms with Gasteiger partial charge in [-0.15, -0.1) is 5.10 Å². The molecule has 0 bridgehead atoms. The molecule has 3 fully saturated rings. The molecular weight excluding hydrogens is 438 g/mol. The molecule has 3 aliphatic rings. The minimum atomic E-state index is -0.442. The van der Waals surface area contributed by atoms with E-state index in [-0.39, 0.29) is 11.8 Å². The molecule has 1 unspecified atom stereocenters. The van der Waals surface area contributed by atoms with Crippen LogP contribution in [-0.4, -0.2) is 70.6 Å². The number of likely N-dealkylation sites (tertiary alicyclic amines) is 1. The van der Waals surface area contributed by atoms with Gasteiger partial charge < -0.3 is 19.3 Å². The first kappa shape index (κ1) is 21.1. The molecule has 1 aromatic carbocycles. The largest absolute Gasteiger partial charge is 0.347 e. The Morgan fingerprint density at radius 1 is 1.12 bits per heavy atom. The number of anilines is 1. The maximum atomic E-state index is 13.3. The van der Waals surface area contributed by atoms with Gasteiger partial charge in [0, 0.05) is 44.6 Å². The fraction of sp³-hybridized carbons (Fsp3) is 0.542. The van der Waals surface area contributed by atoms with Crippen molar-refractivity contribution < 1.29 is 14.3 Å². The Kier molecular flexibility index (Phi) is 5.35. The summed E-state index contributed by atoms with van der Waals surface area (Å²) in [4.78, 5) is 23.2. The number of amides is 1. The summed E-state index contributed by atoms with van der Waals surface area (Å²) in [7, 11) is 0. The van der Waals surface area contributed by atoms with Crippen LogP contribution in [0.4, 0.5) is 5.13 Å². The van der Waals surface area contributed by atoms with Crippen LogP contribution >= 0.6 is 11.3 Å². The third-order valence-corrected chi connectivity index (χ3v) is 8.05. The van der Waals surface area contributed by atoms with E-state index >= 15 is 0 Å². The summed E-state index contributed by atoms with van der Waals surface area (Å²) in [5.74, 6) is -0.171. The summed E-state index contributed by atoms with van der Waals surface area (Å²) >= 11 is 1.59. The molecule has 0 aliphatic carbocycles. The average molecular weight is 468 g/mol. The molecule has 5 heterocycles. The smallest absolute Gasteiger partial charge is 0.227 e. The van der Waals surface area contributed by atoms with Crippen molar-refractivity contribution in [3.8, 4) is 11.3 Å². The molecule has 0 saturated carbocycles. The van der Waals surface area contributed by atoms with E-state index in [0.29, 0.717) is 26.3 Å². The van der Waals surface area contributed by atoms with Crippen molar-refractivity contribution in [3.05, 3.63) is 36.0 Å². The number of aryl methyl sites for hydroxylation is 1. The predicted molar refractivity (Wildman–Crippen MR) is 126 cm³/mol. The van der Waals surface area contributed by atoms with Gasteiger partial charge in [-0.3, -0.25) is 4.79 Å². The normalized spacial score (nSPS) is 23.0. The number of carbonyl (C=O) groups excluding carboxylic acids is 1. The molecule has 0 radical (unpaired) electrons. The van der Waals surface area contributed by atoms with Gasteiger partial charge in [-0.1, -0.05) is 41.2 Å². The summed E-state index contributed by atoms with van der Waals surface area (Å²) in [5.41, 5.74) is 3.27. The van der Waals surface area contributed by atoms with Crippen molar-refractivity contribution in [3.63, 3.8) is 0 Å². The quantitative estimate of drug-likeness (QED) is 0.588. The topological polar surface area (TPSA) is 72.2 Å². The SMILES string of the molecule is Cc1ccc(-c2cn3nc(N4CCCC(C(=O)N5CCC6(CC5)OCCO6)C4)sc3n2)cc1. The Balaban J connectivity index is 1.12. The van der Waals surface area contributed by atoms with Crippen LogP contribution in [0.1, 0.15) is 31.2 Å². The van der Waals surface area contributed by atoms with Crippen molar-refractivity contribution in [2.45, 2.75) is 38.4 Å². The Bertz CT molecular complexity index is 1110. The molecule has 1 spiro atoms. The lowest BCUT2D eigenvalue weighted by molar-refractivity contribution is -0.188. The highest BCUT2D eigenvalue weighted by molar-refractivity contribution is 7.20. The average Bonchev–Trinajstić information content (AvgIpc) is 3.55. The van der Waals surface area contributed by atoms with E-state index in [0.717, 1.165) is 60.1 Å². The Morgan fingerprint density at radius 3 is 2.61 bits per heavy atom. The molecule has 3 aromatic rings. The highest BCUT2D eigenvalue weighted by atomic mass is 32.1. The van der Waals surface area contributed by atoms with Crippen molar-refractivity contribution >= 4 is 27.3 Å². The van der Waals surface area contributed by atoms with E-state index in [1.165, 1.54) is 5.56 Å². The van der Waals surface area contributed by atoms with E-state index in [9.17, 15) is 4.79 Å². The van der Waals surface area contributed by atoms with Crippen molar-refractivity contribution in [1.82, 2.24) is 19.5 Å². The van der Waals surface area contributed by atoms with Crippen LogP contribution < -0.4 is 4.90 Å². The van der Waals surface area contributed by atoms with Gasteiger partial charge in [0.15, 0.2) is 5.79 Å². The van der Waals surface area contributed by atoms with Crippen molar-refractivity contribution in [2.24, 2.45) is 5.92 Å². The van der Waals surface area contributed by atoms with Gasteiger partial charge in [0.25, 0.3) is 0 Å². The zero-order valence-electron chi connectivity index (χ0n) is 18.9. The van der Waals surface area contributed by atoms with E-state index in [1.807, 2.05) is 15.6 Å². The molecule has 33 heavy (non-hydrogen) atoms. The first-order valence-corrected chi connectivity index (χ1v) is 12.7. The molecule has 1 amide bonds. The third kappa shape index (κ3) is 4.02. The second-order valence-electron chi connectivity index (χ2n) is 9.32. The van der Waals surface area contributed by atoms with Crippen LogP contribution in [0.25, 0.3) is 16.2 Å². The molecule has 6 rings (SSSR count). The van der Waals surface area contributed by atoms with E-state index in [1.54, 1.807) is 11.3 Å². The molecule has 9 heteroatoms. The number of carbonyl (C=O) groups is 1. The highest BCUT2D eigenvalue weighted by Gasteiger charge is 2.42. The summed E-state index contributed by atoms with van der Waals surface area (Å²) in [6, 6.07) is 8.39. The number of ether oxygens (including phenoxy) is 2. The van der Waals surface area contributed by atoms with Gasteiger partial charge >= 0.3 is 0 Å². The number of nitrogens with zero attached hydrogens (tertiary/aromatic N) is 5. The van der Waals surface area contributed by atoms with Crippen LogP contribution in [0.5, 0.6) is 0 Å². The first-order valence-electron chi connectivity index (χ1n) is 11.8. The zero-order chi connectivity index (χ0) is 22.4. The van der Waals surface area contributed by atoms with Crippen molar-refractivity contribution in [2.75, 3.05) is 44.3 Å². The number of rotatable bonds is 3. The fourth-order valence-corrected chi connectivity index (χ4v) is 6.06. The van der Waals surface area contributed by atoms with Crippen LogP contribution in [0.2, 0.25) is 0 Å². The Labute approximate surface area is 197 Å². The summed E-state index contributed by atoms with van der Waals surface area (Å²) in [6.07, 6.45) is 5.45. The maximum Gasteiger partial charge on any atom is 0.227 e. The van der Waals surface area contributed by atoms with E-state index in [2.05, 4.69) is 36.1 Å². The van der Waals surface area contributed by atoms with Crippen LogP contribution in [0.3, 0.4) is 0 Å². The van der Waals surface area contributed by atoms with Gasteiger partial charge in [-0.2, -0.15) is 0 Å². The second kappa shape index (κ2) is 8.38. The van der Waals surface area contributed by atoms with Crippen LogP contribution in [0.15, 0.2) is 30.5 Å². The number of benzene rings is 1. The van der Waals surface area contributed by atoms with Gasteiger partial charge in [0.2, 0.25) is 16.0 Å². The summed E-state index contributed by atoms with van der Waals surface area (Å²) < 4.78 is 13.5. The molecular formula is C24H29N5O3S. The summed E-state index contributed by atoms with van der Waals surface area (Å²) in [5, 5.41) is 5.74. The number of aromatic nitrogens is 3. The molecule has 0 N–H and O–H groups in total.